The van der Waals surface area contributed by atoms with Crippen molar-refractivity contribution in [1.82, 2.24) is 9.97 Å². The van der Waals surface area contributed by atoms with Crippen molar-refractivity contribution in [2.75, 3.05) is 4.90 Å². The third kappa shape index (κ3) is 4.68. The molecule has 0 bridgehead atoms. The molecule has 0 saturated heterocycles. The van der Waals surface area contributed by atoms with Gasteiger partial charge in [-0.2, -0.15) is 0 Å². The van der Waals surface area contributed by atoms with Crippen LogP contribution in [0.5, 0.6) is 5.75 Å². The quantitative estimate of drug-likeness (QED) is 0.201. The highest BCUT2D eigenvalue weighted by atomic mass is 16.3. The average molecular weight is 473 g/mol. The number of rotatable bonds is 6. The summed E-state index contributed by atoms with van der Waals surface area (Å²) in [5.74, 6) is 0.625. The zero-order chi connectivity index (χ0) is 25.1. The minimum Gasteiger partial charge on any atom is -0.506 e. The van der Waals surface area contributed by atoms with Crippen molar-refractivity contribution in [2.24, 2.45) is 4.99 Å². The van der Waals surface area contributed by atoms with Crippen LogP contribution in [0.3, 0.4) is 0 Å². The van der Waals surface area contributed by atoms with Gasteiger partial charge in [0.15, 0.2) is 0 Å². The molecule has 0 radical (unpaired) electrons. The van der Waals surface area contributed by atoms with Gasteiger partial charge in [0.05, 0.1) is 28.3 Å². The van der Waals surface area contributed by atoms with E-state index in [2.05, 4.69) is 42.0 Å². The number of aromatic hydroxyl groups is 1. The Bertz CT molecular complexity index is 1510. The molecule has 5 nitrogen and oxygen atoms in total. The zero-order valence-electron chi connectivity index (χ0n) is 20.6. The number of hydrogen-bond acceptors (Lipinski definition) is 4. The van der Waals surface area contributed by atoms with Crippen molar-refractivity contribution in [3.63, 3.8) is 0 Å². The highest BCUT2D eigenvalue weighted by Crippen LogP contribution is 2.34. The molecule has 0 saturated carbocycles. The minimum atomic E-state index is 0.189. The molecule has 1 heterocycles. The minimum absolute atomic E-state index is 0.189. The van der Waals surface area contributed by atoms with E-state index in [1.54, 1.807) is 18.7 Å². The van der Waals surface area contributed by atoms with Gasteiger partial charge in [0.2, 0.25) is 0 Å². The summed E-state index contributed by atoms with van der Waals surface area (Å²) in [6, 6.07) is 29.7. The van der Waals surface area contributed by atoms with E-state index in [1.165, 1.54) is 5.56 Å². The molecule has 0 spiro atoms. The van der Waals surface area contributed by atoms with Crippen LogP contribution < -0.4 is 4.90 Å². The fourth-order valence-corrected chi connectivity index (χ4v) is 4.28. The topological polar surface area (TPSA) is 61.6 Å². The standard InChI is InChI=1S/C31H28N4O/c1-21(2)23-15-16-26-27(18-23)32-19-33-31(26)24-10-8-11-25(17-24)34-20-35(28-12-5-4-9-22(28)3)29-13-6-7-14-30(29)36/h4-21,36H,1-3H3. The van der Waals surface area contributed by atoms with Gasteiger partial charge in [0, 0.05) is 10.9 Å². The molecule has 0 atom stereocenters. The van der Waals surface area contributed by atoms with Gasteiger partial charge in [0.1, 0.15) is 18.4 Å². The lowest BCUT2D eigenvalue weighted by atomic mass is 9.99. The highest BCUT2D eigenvalue weighted by molar-refractivity contribution is 5.95. The van der Waals surface area contributed by atoms with Crippen LogP contribution >= 0.6 is 0 Å². The Labute approximate surface area is 211 Å². The molecule has 0 aliphatic heterocycles. The number of benzene rings is 4. The molecule has 1 N–H and O–H groups in total. The largest absolute Gasteiger partial charge is 0.506 e. The normalized spacial score (nSPS) is 11.4. The molecule has 5 heteroatoms. The Morgan fingerprint density at radius 2 is 1.61 bits per heavy atom. The Morgan fingerprint density at radius 3 is 2.39 bits per heavy atom. The van der Waals surface area contributed by atoms with Crippen molar-refractivity contribution in [1.29, 1.82) is 0 Å². The van der Waals surface area contributed by atoms with E-state index >= 15 is 0 Å². The van der Waals surface area contributed by atoms with Crippen molar-refractivity contribution in [3.05, 3.63) is 108 Å². The number of fused-ring (bicyclic) bond motifs is 1. The lowest BCUT2D eigenvalue weighted by molar-refractivity contribution is 0.477. The maximum atomic E-state index is 10.6. The third-order valence-corrected chi connectivity index (χ3v) is 6.29. The van der Waals surface area contributed by atoms with Gasteiger partial charge in [0.25, 0.3) is 0 Å². The van der Waals surface area contributed by atoms with Crippen LogP contribution in [0.2, 0.25) is 0 Å². The molecule has 178 valence electrons. The van der Waals surface area contributed by atoms with Gasteiger partial charge in [-0.1, -0.05) is 68.4 Å². The molecule has 0 amide bonds. The Hall–Kier alpha value is -4.51. The monoisotopic (exact) mass is 472 g/mol. The second-order valence-electron chi connectivity index (χ2n) is 9.09. The number of nitrogens with zero attached hydrogens (tertiary/aromatic N) is 4. The molecule has 36 heavy (non-hydrogen) atoms. The summed E-state index contributed by atoms with van der Waals surface area (Å²) in [7, 11) is 0. The van der Waals surface area contributed by atoms with Gasteiger partial charge in [-0.05, 0) is 60.4 Å². The fraction of sp³-hybridized carbons (Fsp3) is 0.129. The molecular formula is C31H28N4O. The van der Waals surface area contributed by atoms with E-state index < -0.39 is 0 Å². The summed E-state index contributed by atoms with van der Waals surface area (Å²) in [6.07, 6.45) is 3.37. The average Bonchev–Trinajstić information content (AvgIpc) is 2.90. The summed E-state index contributed by atoms with van der Waals surface area (Å²) in [6.45, 7) is 6.40. The molecule has 0 unspecified atom stereocenters. The van der Waals surface area contributed by atoms with E-state index in [1.807, 2.05) is 78.6 Å². The third-order valence-electron chi connectivity index (χ3n) is 6.29. The van der Waals surface area contributed by atoms with Gasteiger partial charge in [-0.3, -0.25) is 4.90 Å². The molecule has 5 rings (SSSR count). The summed E-state index contributed by atoms with van der Waals surface area (Å²) < 4.78 is 0. The summed E-state index contributed by atoms with van der Waals surface area (Å²) in [5, 5.41) is 11.6. The van der Waals surface area contributed by atoms with E-state index in [0.717, 1.165) is 39.1 Å². The molecule has 5 aromatic rings. The number of phenols is 1. The van der Waals surface area contributed by atoms with Crippen LogP contribution in [0.25, 0.3) is 22.2 Å². The van der Waals surface area contributed by atoms with Crippen LogP contribution in [0.1, 0.15) is 30.9 Å². The first-order valence-electron chi connectivity index (χ1n) is 12.0. The molecule has 4 aromatic carbocycles. The van der Waals surface area contributed by atoms with Gasteiger partial charge >= 0.3 is 0 Å². The van der Waals surface area contributed by atoms with Crippen LogP contribution in [-0.4, -0.2) is 21.4 Å². The number of anilines is 2. The first-order chi connectivity index (χ1) is 17.5. The maximum absolute atomic E-state index is 10.6. The highest BCUT2D eigenvalue weighted by Gasteiger charge is 2.14. The Morgan fingerprint density at radius 1 is 0.833 bits per heavy atom. The Kier molecular flexibility index (Phi) is 6.46. The van der Waals surface area contributed by atoms with Gasteiger partial charge in [-0.25, -0.2) is 15.0 Å². The summed E-state index contributed by atoms with van der Waals surface area (Å²) >= 11 is 0. The van der Waals surface area contributed by atoms with Gasteiger partial charge < -0.3 is 5.11 Å². The van der Waals surface area contributed by atoms with E-state index in [0.29, 0.717) is 11.6 Å². The molecular weight excluding hydrogens is 444 g/mol. The van der Waals surface area contributed by atoms with Crippen molar-refractivity contribution in [2.45, 2.75) is 26.7 Å². The van der Waals surface area contributed by atoms with Crippen molar-refractivity contribution >= 4 is 34.3 Å². The summed E-state index contributed by atoms with van der Waals surface area (Å²) in [5.41, 5.74) is 7.51. The van der Waals surface area contributed by atoms with Crippen LogP contribution in [0.4, 0.5) is 17.1 Å². The molecule has 0 aliphatic carbocycles. The predicted octanol–water partition coefficient (Wildman–Crippen LogP) is 7.93. The van der Waals surface area contributed by atoms with Crippen LogP contribution in [0, 0.1) is 6.92 Å². The lowest BCUT2D eigenvalue weighted by Gasteiger charge is -2.22. The number of aliphatic imine (C=N–C) groups is 1. The number of aryl methyl sites for hydroxylation is 1. The van der Waals surface area contributed by atoms with Crippen molar-refractivity contribution < 1.29 is 5.11 Å². The van der Waals surface area contributed by atoms with Gasteiger partial charge in [-0.15, -0.1) is 0 Å². The number of hydrogen-bond donors (Lipinski definition) is 1. The van der Waals surface area contributed by atoms with E-state index in [-0.39, 0.29) is 5.75 Å². The number of para-hydroxylation sites is 3. The fourth-order valence-electron chi connectivity index (χ4n) is 4.28. The number of phenolic OH excluding ortho intramolecular Hbond substituents is 1. The molecule has 0 aliphatic rings. The lowest BCUT2D eigenvalue weighted by Crippen LogP contribution is -2.15. The van der Waals surface area contributed by atoms with Crippen LogP contribution in [0.15, 0.2) is 102 Å². The van der Waals surface area contributed by atoms with Crippen molar-refractivity contribution in [3.8, 4) is 17.0 Å². The molecule has 0 fully saturated rings. The Balaban J connectivity index is 1.54. The molecule has 1 aromatic heterocycles. The first-order valence-corrected chi connectivity index (χ1v) is 12.0. The second-order valence-corrected chi connectivity index (χ2v) is 9.09. The zero-order valence-corrected chi connectivity index (χ0v) is 20.6. The first kappa shape index (κ1) is 23.2. The number of aromatic nitrogens is 2. The summed E-state index contributed by atoms with van der Waals surface area (Å²) in [4.78, 5) is 15.8. The van der Waals surface area contributed by atoms with Crippen LogP contribution in [-0.2, 0) is 0 Å². The smallest absolute Gasteiger partial charge is 0.139 e. The van der Waals surface area contributed by atoms with E-state index in [4.69, 9.17) is 4.99 Å². The predicted molar refractivity (Wildman–Crippen MR) is 149 cm³/mol. The maximum Gasteiger partial charge on any atom is 0.139 e. The second kappa shape index (κ2) is 10.0. The SMILES string of the molecule is Cc1ccccc1N(C=Nc1cccc(-c2ncnc3cc(C(C)C)ccc23)c1)c1ccccc1O. The van der Waals surface area contributed by atoms with E-state index in [9.17, 15) is 5.11 Å².